The highest BCUT2D eigenvalue weighted by Gasteiger charge is 2.13. The van der Waals surface area contributed by atoms with Crippen LogP contribution in [0.1, 0.15) is 20.3 Å². The van der Waals surface area contributed by atoms with Gasteiger partial charge in [-0.05, 0) is 36.2 Å². The average Bonchev–Trinajstić information content (AvgIpc) is 2.73. The third kappa shape index (κ3) is 4.95. The van der Waals surface area contributed by atoms with Crippen LogP contribution in [0.25, 0.3) is 21.7 Å². The number of hydrogen-bond acceptors (Lipinski definition) is 5. The van der Waals surface area contributed by atoms with E-state index in [0.29, 0.717) is 29.1 Å². The third-order valence-corrected chi connectivity index (χ3v) is 5.43. The van der Waals surface area contributed by atoms with Crippen molar-refractivity contribution < 1.29 is 9.59 Å². The lowest BCUT2D eigenvalue weighted by atomic mass is 10.1. The predicted octanol–water partition coefficient (Wildman–Crippen LogP) is 2.30. The Morgan fingerprint density at radius 2 is 1.79 bits per heavy atom. The summed E-state index contributed by atoms with van der Waals surface area (Å²) in [6, 6.07) is 11.6. The van der Waals surface area contributed by atoms with Crippen LogP contribution < -0.4 is 16.2 Å². The van der Waals surface area contributed by atoms with Crippen molar-refractivity contribution in [2.45, 2.75) is 32.0 Å². The first-order valence-corrected chi connectivity index (χ1v) is 10.6. The average molecular weight is 413 g/mol. The molecule has 29 heavy (non-hydrogen) atoms. The molecule has 152 valence electrons. The fourth-order valence-corrected chi connectivity index (χ4v) is 3.86. The maximum absolute atomic E-state index is 12.9. The van der Waals surface area contributed by atoms with Crippen LogP contribution in [0.5, 0.6) is 0 Å². The first kappa shape index (κ1) is 20.9. The van der Waals surface area contributed by atoms with Gasteiger partial charge in [-0.2, -0.15) is 0 Å². The molecular weight excluding hydrogens is 388 g/mol. The fraction of sp³-hybridized carbons (Fsp3) is 0.333. The van der Waals surface area contributed by atoms with Crippen molar-refractivity contribution in [1.29, 1.82) is 0 Å². The molecule has 0 bridgehead atoms. The molecule has 3 aromatic rings. The summed E-state index contributed by atoms with van der Waals surface area (Å²) in [6.45, 7) is 4.82. The molecule has 8 heteroatoms. The van der Waals surface area contributed by atoms with Gasteiger partial charge in [0.2, 0.25) is 11.8 Å². The number of fused-ring (bicyclic) bond motifs is 2. The van der Waals surface area contributed by atoms with Gasteiger partial charge in [0.1, 0.15) is 0 Å². The summed E-state index contributed by atoms with van der Waals surface area (Å²) in [4.78, 5) is 41.3. The van der Waals surface area contributed by atoms with Gasteiger partial charge in [0, 0.05) is 13.1 Å². The largest absolute Gasteiger partial charge is 0.355 e. The number of benzene rings is 2. The van der Waals surface area contributed by atoms with Crippen LogP contribution in [0.3, 0.4) is 0 Å². The van der Waals surface area contributed by atoms with E-state index in [4.69, 9.17) is 0 Å². The molecule has 0 fully saturated rings. The van der Waals surface area contributed by atoms with Crippen LogP contribution in [0.15, 0.2) is 46.3 Å². The maximum atomic E-state index is 12.9. The second kappa shape index (κ2) is 9.56. The number of thioether (sulfide) groups is 1. The van der Waals surface area contributed by atoms with E-state index < -0.39 is 0 Å². The Hall–Kier alpha value is -2.87. The van der Waals surface area contributed by atoms with E-state index >= 15 is 0 Å². The highest BCUT2D eigenvalue weighted by Crippen LogP contribution is 2.22. The molecule has 7 nitrogen and oxygen atoms in total. The van der Waals surface area contributed by atoms with E-state index in [9.17, 15) is 14.4 Å². The molecule has 0 spiro atoms. The quantitative estimate of drug-likeness (QED) is 0.336. The van der Waals surface area contributed by atoms with Crippen molar-refractivity contribution in [3.05, 3.63) is 46.8 Å². The van der Waals surface area contributed by atoms with Gasteiger partial charge in [0.05, 0.1) is 23.2 Å². The molecular formula is C21H24N4O3S. The molecule has 0 atom stereocenters. The second-order valence-corrected chi connectivity index (χ2v) is 7.52. The van der Waals surface area contributed by atoms with Crippen molar-refractivity contribution in [3.63, 3.8) is 0 Å². The second-order valence-electron chi connectivity index (χ2n) is 6.58. The van der Waals surface area contributed by atoms with Gasteiger partial charge in [0.25, 0.3) is 5.56 Å². The van der Waals surface area contributed by atoms with Gasteiger partial charge >= 0.3 is 0 Å². The molecule has 3 rings (SSSR count). The van der Waals surface area contributed by atoms with Gasteiger partial charge in [-0.15, -0.1) is 0 Å². The minimum absolute atomic E-state index is 0.0584. The number of hydrogen-bond donors (Lipinski definition) is 2. The van der Waals surface area contributed by atoms with Gasteiger partial charge in [0.15, 0.2) is 5.16 Å². The van der Waals surface area contributed by atoms with Gasteiger partial charge in [-0.1, -0.05) is 43.0 Å². The van der Waals surface area contributed by atoms with Crippen molar-refractivity contribution in [1.82, 2.24) is 20.2 Å². The molecule has 1 heterocycles. The minimum Gasteiger partial charge on any atom is -0.355 e. The molecule has 2 N–H and O–H groups in total. The van der Waals surface area contributed by atoms with E-state index in [2.05, 4.69) is 15.6 Å². The SMILES string of the molecule is CCCNC(=O)CNC(=O)CSc1nc2cc3ccccc3cc2c(=O)n1CC. The Balaban J connectivity index is 1.78. The Bertz CT molecular complexity index is 1110. The number of carbonyl (C=O) groups is 2. The Morgan fingerprint density at radius 3 is 2.48 bits per heavy atom. The van der Waals surface area contributed by atoms with Gasteiger partial charge in [-0.25, -0.2) is 4.98 Å². The predicted molar refractivity (Wildman–Crippen MR) is 116 cm³/mol. The lowest BCUT2D eigenvalue weighted by Crippen LogP contribution is -2.38. The molecule has 0 saturated carbocycles. The Labute approximate surface area is 172 Å². The summed E-state index contributed by atoms with van der Waals surface area (Å²) < 4.78 is 1.57. The van der Waals surface area contributed by atoms with Crippen LogP contribution in [-0.2, 0) is 16.1 Å². The summed E-state index contributed by atoms with van der Waals surface area (Å²) in [5.41, 5.74) is 0.491. The third-order valence-electron chi connectivity index (χ3n) is 4.45. The normalized spacial score (nSPS) is 11.0. The standard InChI is InChI=1S/C21H24N4O3S/c1-3-9-22-18(26)12-23-19(27)13-29-21-24-17-11-15-8-6-5-7-14(15)10-16(17)20(28)25(21)4-2/h5-8,10-11H,3-4,9,12-13H2,1-2H3,(H,22,26)(H,23,27). The smallest absolute Gasteiger partial charge is 0.262 e. The molecule has 2 aromatic carbocycles. The molecule has 0 radical (unpaired) electrons. The molecule has 1 aromatic heterocycles. The molecule has 0 unspecified atom stereocenters. The fourth-order valence-electron chi connectivity index (χ4n) is 2.96. The van der Waals surface area contributed by atoms with Crippen molar-refractivity contribution in [2.24, 2.45) is 0 Å². The number of amides is 2. The highest BCUT2D eigenvalue weighted by molar-refractivity contribution is 7.99. The zero-order valence-electron chi connectivity index (χ0n) is 16.5. The molecule has 0 saturated heterocycles. The number of carbonyl (C=O) groups excluding carboxylic acids is 2. The van der Waals surface area contributed by atoms with Crippen LogP contribution in [0, 0.1) is 0 Å². The van der Waals surface area contributed by atoms with Crippen molar-refractivity contribution in [3.8, 4) is 0 Å². The van der Waals surface area contributed by atoms with Crippen molar-refractivity contribution in [2.75, 3.05) is 18.8 Å². The van der Waals surface area contributed by atoms with Crippen LogP contribution in [0.4, 0.5) is 0 Å². The molecule has 0 aliphatic heterocycles. The first-order chi connectivity index (χ1) is 14.0. The topological polar surface area (TPSA) is 93.1 Å². The molecule has 0 aliphatic carbocycles. The van der Waals surface area contributed by atoms with E-state index in [0.717, 1.165) is 17.2 Å². The molecule has 0 aliphatic rings. The van der Waals surface area contributed by atoms with Crippen molar-refractivity contribution >= 4 is 45.3 Å². The monoisotopic (exact) mass is 412 g/mol. The zero-order chi connectivity index (χ0) is 20.8. The summed E-state index contributed by atoms with van der Waals surface area (Å²) in [6.07, 6.45) is 0.840. The van der Waals surface area contributed by atoms with Crippen LogP contribution >= 0.6 is 11.8 Å². The molecule has 2 amide bonds. The van der Waals surface area contributed by atoms with Crippen LogP contribution in [0.2, 0.25) is 0 Å². The minimum atomic E-state index is -0.280. The number of aromatic nitrogens is 2. The zero-order valence-corrected chi connectivity index (χ0v) is 17.3. The van der Waals surface area contributed by atoms with Gasteiger partial charge < -0.3 is 10.6 Å². The van der Waals surface area contributed by atoms with Crippen LogP contribution in [-0.4, -0.2) is 40.2 Å². The lowest BCUT2D eigenvalue weighted by molar-refractivity contribution is -0.124. The van der Waals surface area contributed by atoms with E-state index in [1.165, 1.54) is 11.8 Å². The Morgan fingerprint density at radius 1 is 1.07 bits per heavy atom. The summed E-state index contributed by atoms with van der Waals surface area (Å²) >= 11 is 1.19. The first-order valence-electron chi connectivity index (χ1n) is 9.63. The van der Waals surface area contributed by atoms with E-state index in [1.807, 2.05) is 50.2 Å². The Kier molecular flexibility index (Phi) is 6.87. The highest BCUT2D eigenvalue weighted by atomic mass is 32.2. The lowest BCUT2D eigenvalue weighted by Gasteiger charge is -2.12. The summed E-state index contributed by atoms with van der Waals surface area (Å²) in [5, 5.41) is 8.34. The summed E-state index contributed by atoms with van der Waals surface area (Å²) in [7, 11) is 0. The maximum Gasteiger partial charge on any atom is 0.262 e. The number of rotatable bonds is 8. The van der Waals surface area contributed by atoms with E-state index in [1.54, 1.807) is 4.57 Å². The van der Waals surface area contributed by atoms with E-state index in [-0.39, 0.29) is 29.7 Å². The number of nitrogens with zero attached hydrogens (tertiary/aromatic N) is 2. The van der Waals surface area contributed by atoms with Gasteiger partial charge in [-0.3, -0.25) is 19.0 Å². The number of nitrogens with one attached hydrogen (secondary N) is 2. The summed E-state index contributed by atoms with van der Waals surface area (Å²) in [5.74, 6) is -0.421.